The maximum atomic E-state index is 13.5. The van der Waals surface area contributed by atoms with E-state index in [0.29, 0.717) is 23.7 Å². The number of anilines is 1. The first-order valence-corrected chi connectivity index (χ1v) is 12.8. The molecule has 0 heterocycles. The molecule has 6 heteroatoms. The van der Waals surface area contributed by atoms with E-state index in [1.165, 1.54) is 70.3 Å². The minimum atomic E-state index is -0.544. The van der Waals surface area contributed by atoms with Crippen LogP contribution in [0.1, 0.15) is 89.0 Å². The monoisotopic (exact) mass is 447 g/mol. The maximum Gasteiger partial charge on any atom is 0.265 e. The number of nitrogens with one attached hydrogen (secondary N) is 3. The molecule has 3 rings (SSSR count). The summed E-state index contributed by atoms with van der Waals surface area (Å²) in [6, 6.07) is 4.81. The van der Waals surface area contributed by atoms with Crippen LogP contribution in [-0.2, 0) is 4.79 Å². The topological polar surface area (TPSA) is 73.4 Å². The molecule has 1 aromatic rings. The Balaban J connectivity index is 1.47. The van der Waals surface area contributed by atoms with Gasteiger partial charge < -0.3 is 10.6 Å². The summed E-state index contributed by atoms with van der Waals surface area (Å²) < 4.78 is 13.5. The van der Waals surface area contributed by atoms with Crippen LogP contribution >= 0.6 is 0 Å². The van der Waals surface area contributed by atoms with Crippen LogP contribution in [0.2, 0.25) is 0 Å². The Hall–Kier alpha value is -1.66. The molecule has 2 aliphatic rings. The molecule has 0 radical (unpaired) electrons. The van der Waals surface area contributed by atoms with E-state index in [0.717, 1.165) is 31.2 Å². The molecule has 0 aromatic heterocycles. The summed E-state index contributed by atoms with van der Waals surface area (Å²) in [5.74, 6) is 0.920. The Morgan fingerprint density at radius 3 is 2.22 bits per heavy atom. The van der Waals surface area contributed by atoms with Crippen molar-refractivity contribution in [1.29, 1.82) is 0 Å². The van der Waals surface area contributed by atoms with Gasteiger partial charge in [0.15, 0.2) is 0 Å². The van der Waals surface area contributed by atoms with Crippen molar-refractivity contribution in [2.24, 2.45) is 11.8 Å². The summed E-state index contributed by atoms with van der Waals surface area (Å²) in [4.78, 5) is 12.1. The molecule has 2 fully saturated rings. The lowest BCUT2D eigenvalue weighted by Crippen LogP contribution is -2.44. The van der Waals surface area contributed by atoms with Gasteiger partial charge >= 0.3 is 0 Å². The average Bonchev–Trinajstić information content (AvgIpc) is 2.83. The van der Waals surface area contributed by atoms with Gasteiger partial charge in [0.05, 0.1) is 0 Å². The van der Waals surface area contributed by atoms with Gasteiger partial charge in [-0.15, -0.1) is 0 Å². The Kier molecular flexibility index (Phi) is 10.3. The summed E-state index contributed by atoms with van der Waals surface area (Å²) in [6.07, 6.45) is 16.3. The van der Waals surface area contributed by atoms with E-state index >= 15 is 0 Å². The third-order valence-corrected chi connectivity index (χ3v) is 7.54. The van der Waals surface area contributed by atoms with E-state index in [-0.39, 0.29) is 5.82 Å². The number of carbonyl (C=O) groups is 1. The lowest BCUT2D eigenvalue weighted by atomic mass is 9.74. The fourth-order valence-corrected chi connectivity index (χ4v) is 5.73. The van der Waals surface area contributed by atoms with E-state index in [1.807, 2.05) is 0 Å². The van der Waals surface area contributed by atoms with Crippen molar-refractivity contribution in [3.8, 4) is 0 Å². The highest BCUT2D eigenvalue weighted by atomic mass is 19.1. The lowest BCUT2D eigenvalue weighted by Gasteiger charge is -2.38. The van der Waals surface area contributed by atoms with Crippen LogP contribution in [-0.4, -0.2) is 29.7 Å². The molecule has 0 bridgehead atoms. The maximum absolute atomic E-state index is 13.5. The molecule has 1 aromatic carbocycles. The number of hydroxylamine groups is 1. The van der Waals surface area contributed by atoms with E-state index in [1.54, 1.807) is 24.5 Å². The number of rotatable bonds is 11. The SMILES string of the molecule is Cc1cc(N[C@H](CCCCNC(C2CCCCC2)C2CCCCC2)C(=O)NO)ccc1F. The third-order valence-electron chi connectivity index (χ3n) is 7.54. The highest BCUT2D eigenvalue weighted by Crippen LogP contribution is 2.35. The smallest absolute Gasteiger partial charge is 0.265 e. The predicted octanol–water partition coefficient (Wildman–Crippen LogP) is 5.71. The summed E-state index contributed by atoms with van der Waals surface area (Å²) in [5.41, 5.74) is 2.98. The van der Waals surface area contributed by atoms with Crippen molar-refractivity contribution in [2.75, 3.05) is 11.9 Å². The van der Waals surface area contributed by atoms with Crippen molar-refractivity contribution < 1.29 is 14.4 Å². The predicted molar refractivity (Wildman–Crippen MR) is 127 cm³/mol. The van der Waals surface area contributed by atoms with Crippen molar-refractivity contribution >= 4 is 11.6 Å². The zero-order valence-electron chi connectivity index (χ0n) is 19.7. The van der Waals surface area contributed by atoms with Crippen LogP contribution in [0, 0.1) is 24.6 Å². The number of aryl methyl sites for hydroxylation is 1. The largest absolute Gasteiger partial charge is 0.374 e. The van der Waals surface area contributed by atoms with Gasteiger partial charge in [-0.2, -0.15) is 0 Å². The molecule has 0 aliphatic heterocycles. The zero-order chi connectivity index (χ0) is 22.8. The fourth-order valence-electron chi connectivity index (χ4n) is 5.73. The number of unbranched alkanes of at least 4 members (excludes halogenated alkanes) is 1. The Bertz CT molecular complexity index is 684. The van der Waals surface area contributed by atoms with Crippen LogP contribution in [0.15, 0.2) is 18.2 Å². The van der Waals surface area contributed by atoms with Crippen LogP contribution in [0.25, 0.3) is 0 Å². The average molecular weight is 448 g/mol. The molecule has 0 spiro atoms. The molecule has 5 nitrogen and oxygen atoms in total. The van der Waals surface area contributed by atoms with E-state index in [4.69, 9.17) is 5.21 Å². The van der Waals surface area contributed by atoms with Gasteiger partial charge in [0.25, 0.3) is 5.91 Å². The van der Waals surface area contributed by atoms with Crippen molar-refractivity contribution in [1.82, 2.24) is 10.8 Å². The summed E-state index contributed by atoms with van der Waals surface area (Å²) >= 11 is 0. The quantitative estimate of drug-likeness (QED) is 0.199. The van der Waals surface area contributed by atoms with Gasteiger partial charge in [0, 0.05) is 11.7 Å². The van der Waals surface area contributed by atoms with Gasteiger partial charge in [0.1, 0.15) is 11.9 Å². The standard InChI is InChI=1S/C26H42FN3O2/c1-19-18-22(15-16-23(19)27)29-24(26(31)30-32)14-8-9-17-28-25(20-10-4-2-5-11-20)21-12-6-3-7-13-21/h15-16,18,20-21,24-25,28-29,32H,2-14,17H2,1H3,(H,30,31)/t24-/m1/s1. The third kappa shape index (κ3) is 7.45. The van der Waals surface area contributed by atoms with E-state index in [2.05, 4.69) is 10.6 Å². The molecule has 0 unspecified atom stereocenters. The van der Waals surface area contributed by atoms with Crippen molar-refractivity contribution in [2.45, 2.75) is 102 Å². The normalized spacial score (nSPS) is 19.1. The summed E-state index contributed by atoms with van der Waals surface area (Å²) in [7, 11) is 0. The second-order valence-corrected chi connectivity index (χ2v) is 9.91. The molecule has 180 valence electrons. The number of benzene rings is 1. The molecular weight excluding hydrogens is 405 g/mol. The van der Waals surface area contributed by atoms with Gasteiger partial charge in [0.2, 0.25) is 0 Å². The number of carbonyl (C=O) groups excluding carboxylic acids is 1. The van der Waals surface area contributed by atoms with Crippen molar-refractivity contribution in [3.05, 3.63) is 29.6 Å². The van der Waals surface area contributed by atoms with Gasteiger partial charge in [-0.1, -0.05) is 38.5 Å². The molecule has 4 N–H and O–H groups in total. The van der Waals surface area contributed by atoms with Crippen LogP contribution in [0.5, 0.6) is 0 Å². The Morgan fingerprint density at radius 2 is 1.66 bits per heavy atom. The highest BCUT2D eigenvalue weighted by Gasteiger charge is 2.30. The second kappa shape index (κ2) is 13.1. The molecular formula is C26H42FN3O2. The molecule has 1 amide bonds. The molecule has 1 atom stereocenters. The summed E-state index contributed by atoms with van der Waals surface area (Å²) in [5, 5.41) is 16.2. The Labute approximate surface area is 192 Å². The van der Waals surface area contributed by atoms with E-state index < -0.39 is 11.9 Å². The minimum Gasteiger partial charge on any atom is -0.374 e. The first-order chi connectivity index (χ1) is 15.6. The molecule has 32 heavy (non-hydrogen) atoms. The van der Waals surface area contributed by atoms with Crippen molar-refractivity contribution in [3.63, 3.8) is 0 Å². The van der Waals surface area contributed by atoms with Gasteiger partial charge in [-0.3, -0.25) is 10.0 Å². The van der Waals surface area contributed by atoms with Crippen LogP contribution in [0.3, 0.4) is 0 Å². The first kappa shape index (κ1) is 25.0. The van der Waals surface area contributed by atoms with Crippen LogP contribution in [0.4, 0.5) is 10.1 Å². The molecule has 2 aliphatic carbocycles. The second-order valence-electron chi connectivity index (χ2n) is 9.91. The molecule has 2 saturated carbocycles. The number of amides is 1. The minimum absolute atomic E-state index is 0.268. The summed E-state index contributed by atoms with van der Waals surface area (Å²) in [6.45, 7) is 2.67. The van der Waals surface area contributed by atoms with Gasteiger partial charge in [-0.05, 0) is 94.0 Å². The fraction of sp³-hybridized carbons (Fsp3) is 0.731. The lowest BCUT2D eigenvalue weighted by molar-refractivity contribution is -0.130. The number of halogens is 1. The van der Waals surface area contributed by atoms with E-state index in [9.17, 15) is 9.18 Å². The highest BCUT2D eigenvalue weighted by molar-refractivity contribution is 5.83. The number of hydrogen-bond acceptors (Lipinski definition) is 4. The Morgan fingerprint density at radius 1 is 1.03 bits per heavy atom. The van der Waals surface area contributed by atoms with Crippen LogP contribution < -0.4 is 16.1 Å². The van der Waals surface area contributed by atoms with Gasteiger partial charge in [-0.25, -0.2) is 9.87 Å². The molecule has 0 saturated heterocycles. The first-order valence-electron chi connectivity index (χ1n) is 12.8. The zero-order valence-corrected chi connectivity index (χ0v) is 19.7. The number of hydrogen-bond donors (Lipinski definition) is 4.